The first-order chi connectivity index (χ1) is 6.24. The van der Waals surface area contributed by atoms with Crippen LogP contribution in [0, 0.1) is 0 Å². The van der Waals surface area contributed by atoms with Gasteiger partial charge in [0.05, 0.1) is 18.8 Å². The van der Waals surface area contributed by atoms with Crippen LogP contribution in [0.2, 0.25) is 0 Å². The molecular formula is C9H18ClNO2. The molecule has 0 aromatic heterocycles. The summed E-state index contributed by atoms with van der Waals surface area (Å²) < 4.78 is 0. The van der Waals surface area contributed by atoms with Gasteiger partial charge in [0.15, 0.2) is 0 Å². The molecule has 0 atom stereocenters. The Morgan fingerprint density at radius 2 is 1.92 bits per heavy atom. The van der Waals surface area contributed by atoms with Gasteiger partial charge >= 0.3 is 0 Å². The Hall–Kier alpha value is -0.0900. The van der Waals surface area contributed by atoms with E-state index < -0.39 is 5.54 Å². The molecule has 0 amide bonds. The number of hydrogen-bond acceptors (Lipinski definition) is 3. The molecule has 0 bridgehead atoms. The number of aliphatic hydroxyl groups excluding tert-OH is 2. The van der Waals surface area contributed by atoms with Gasteiger partial charge in [-0.3, -0.25) is 0 Å². The maximum Gasteiger partial charge on any atom is 0.0647 e. The van der Waals surface area contributed by atoms with Crippen molar-refractivity contribution in [3.05, 3.63) is 12.2 Å². The third-order valence-electron chi connectivity index (χ3n) is 2.13. The number of nitrogens with one attached hydrogen (secondary N) is 1. The van der Waals surface area contributed by atoms with Crippen molar-refractivity contribution >= 4 is 11.6 Å². The second-order valence-corrected chi connectivity index (χ2v) is 3.27. The lowest BCUT2D eigenvalue weighted by molar-refractivity contribution is 0.0908. The highest BCUT2D eigenvalue weighted by molar-refractivity contribution is 6.18. The number of alkyl halides is 1. The summed E-state index contributed by atoms with van der Waals surface area (Å²) in [6.07, 6.45) is 4.39. The van der Waals surface area contributed by atoms with E-state index in [0.717, 1.165) is 0 Å². The van der Waals surface area contributed by atoms with Crippen molar-refractivity contribution in [3.63, 3.8) is 0 Å². The molecule has 4 heteroatoms. The lowest BCUT2D eigenvalue weighted by Gasteiger charge is -2.29. The minimum atomic E-state index is -0.559. The topological polar surface area (TPSA) is 52.5 Å². The van der Waals surface area contributed by atoms with Crippen molar-refractivity contribution < 1.29 is 10.2 Å². The van der Waals surface area contributed by atoms with Crippen LogP contribution in [0.25, 0.3) is 0 Å². The number of rotatable bonds is 7. The van der Waals surface area contributed by atoms with Crippen LogP contribution in [0.4, 0.5) is 0 Å². The second-order valence-electron chi connectivity index (χ2n) is 2.96. The third kappa shape index (κ3) is 4.62. The normalized spacial score (nSPS) is 12.6. The predicted molar refractivity (Wildman–Crippen MR) is 55.1 cm³/mol. The molecule has 0 aliphatic carbocycles. The molecule has 0 heterocycles. The summed E-state index contributed by atoms with van der Waals surface area (Å²) in [5, 5.41) is 21.2. The van der Waals surface area contributed by atoms with E-state index in [1.54, 1.807) is 0 Å². The third-order valence-corrected chi connectivity index (χ3v) is 2.31. The van der Waals surface area contributed by atoms with Crippen LogP contribution in [-0.4, -0.2) is 41.4 Å². The number of hydrogen-bond donors (Lipinski definition) is 3. The highest BCUT2D eigenvalue weighted by Gasteiger charge is 2.24. The van der Waals surface area contributed by atoms with Crippen molar-refractivity contribution in [1.82, 2.24) is 5.32 Å². The summed E-state index contributed by atoms with van der Waals surface area (Å²) >= 11 is 5.44. The first-order valence-electron chi connectivity index (χ1n) is 4.42. The van der Waals surface area contributed by atoms with Crippen molar-refractivity contribution in [1.29, 1.82) is 0 Å². The summed E-state index contributed by atoms with van der Waals surface area (Å²) in [4.78, 5) is 0. The Balaban J connectivity index is 3.88. The minimum absolute atomic E-state index is 0.0608. The molecule has 3 N–H and O–H groups in total. The fourth-order valence-electron chi connectivity index (χ4n) is 0.932. The van der Waals surface area contributed by atoms with Crippen molar-refractivity contribution in [2.45, 2.75) is 18.9 Å². The smallest absolute Gasteiger partial charge is 0.0647 e. The highest BCUT2D eigenvalue weighted by Crippen LogP contribution is 2.07. The van der Waals surface area contributed by atoms with E-state index in [4.69, 9.17) is 21.8 Å². The molecule has 0 fully saturated rings. The Morgan fingerprint density at radius 1 is 1.31 bits per heavy atom. The maximum absolute atomic E-state index is 9.06. The molecule has 13 heavy (non-hydrogen) atoms. The molecule has 0 saturated carbocycles. The van der Waals surface area contributed by atoms with Crippen molar-refractivity contribution in [3.8, 4) is 0 Å². The first kappa shape index (κ1) is 12.9. The van der Waals surface area contributed by atoms with Crippen LogP contribution >= 0.6 is 11.6 Å². The minimum Gasteiger partial charge on any atom is -0.394 e. The Kier molecular flexibility index (Phi) is 7.28. The molecule has 0 aromatic carbocycles. The fourth-order valence-corrected chi connectivity index (χ4v) is 1.06. The van der Waals surface area contributed by atoms with E-state index in [2.05, 4.69) is 5.32 Å². The summed E-state index contributed by atoms with van der Waals surface area (Å²) in [6, 6.07) is 0. The Bertz CT molecular complexity index is 138. The average molecular weight is 208 g/mol. The molecule has 3 nitrogen and oxygen atoms in total. The monoisotopic (exact) mass is 207 g/mol. The van der Waals surface area contributed by atoms with Crippen LogP contribution in [0.15, 0.2) is 12.2 Å². The summed E-state index contributed by atoms with van der Waals surface area (Å²) in [6.45, 7) is 2.41. The lowest BCUT2D eigenvalue weighted by atomic mass is 9.99. The number of aliphatic hydroxyl groups is 2. The molecule has 0 unspecified atom stereocenters. The van der Waals surface area contributed by atoms with Gasteiger partial charge in [-0.15, -0.1) is 11.6 Å². The van der Waals surface area contributed by atoms with Crippen LogP contribution in [0.1, 0.15) is 13.3 Å². The van der Waals surface area contributed by atoms with E-state index in [1.807, 2.05) is 19.1 Å². The molecule has 0 radical (unpaired) electrons. The molecule has 0 rings (SSSR count). The largest absolute Gasteiger partial charge is 0.394 e. The van der Waals surface area contributed by atoms with Crippen LogP contribution in [-0.2, 0) is 0 Å². The van der Waals surface area contributed by atoms with Gasteiger partial charge in [0.2, 0.25) is 0 Å². The van der Waals surface area contributed by atoms with Crippen LogP contribution < -0.4 is 5.32 Å². The Morgan fingerprint density at radius 3 is 2.31 bits per heavy atom. The zero-order valence-corrected chi connectivity index (χ0v) is 8.72. The summed E-state index contributed by atoms with van der Waals surface area (Å²) in [5.41, 5.74) is -0.559. The van der Waals surface area contributed by atoms with E-state index in [1.165, 1.54) is 0 Å². The number of halogens is 1. The van der Waals surface area contributed by atoms with Gasteiger partial charge in [-0.05, 0) is 6.42 Å². The molecular weight excluding hydrogens is 190 g/mol. The van der Waals surface area contributed by atoms with Gasteiger partial charge in [-0.25, -0.2) is 0 Å². The molecule has 0 aliphatic rings. The molecule has 78 valence electrons. The fraction of sp³-hybridized carbons (Fsp3) is 0.778. The predicted octanol–water partition coefficient (Wildman–Crippen LogP) is 0.504. The zero-order chi connectivity index (χ0) is 10.2. The van der Waals surface area contributed by atoms with E-state index in [9.17, 15) is 0 Å². The molecule has 0 saturated heterocycles. The highest BCUT2D eigenvalue weighted by atomic mass is 35.5. The van der Waals surface area contributed by atoms with Gasteiger partial charge < -0.3 is 15.5 Å². The average Bonchev–Trinajstić information content (AvgIpc) is 2.20. The van der Waals surface area contributed by atoms with E-state index in [-0.39, 0.29) is 13.2 Å². The SMILES string of the molecule is CCC(CO)(CO)NC/C=C/CCl. The van der Waals surface area contributed by atoms with Gasteiger partial charge in [-0.2, -0.15) is 0 Å². The number of allylic oxidation sites excluding steroid dienone is 1. The van der Waals surface area contributed by atoms with Crippen molar-refractivity contribution in [2.24, 2.45) is 0 Å². The van der Waals surface area contributed by atoms with Gasteiger partial charge in [-0.1, -0.05) is 19.1 Å². The van der Waals surface area contributed by atoms with Gasteiger partial charge in [0, 0.05) is 12.4 Å². The Labute approximate surface area is 84.4 Å². The molecule has 0 aromatic rings. The lowest BCUT2D eigenvalue weighted by Crippen LogP contribution is -2.51. The van der Waals surface area contributed by atoms with E-state index >= 15 is 0 Å². The van der Waals surface area contributed by atoms with Crippen LogP contribution in [0.5, 0.6) is 0 Å². The first-order valence-corrected chi connectivity index (χ1v) is 4.96. The standard InChI is InChI=1S/C9H18ClNO2/c1-2-9(7-12,8-13)11-6-4-3-5-10/h3-4,11-13H,2,5-8H2,1H3/b4-3+. The summed E-state index contributed by atoms with van der Waals surface area (Å²) in [7, 11) is 0. The van der Waals surface area contributed by atoms with Crippen molar-refractivity contribution in [2.75, 3.05) is 25.6 Å². The van der Waals surface area contributed by atoms with Gasteiger partial charge in [0.1, 0.15) is 0 Å². The molecule has 0 spiro atoms. The van der Waals surface area contributed by atoms with E-state index in [0.29, 0.717) is 18.8 Å². The molecule has 0 aliphatic heterocycles. The zero-order valence-electron chi connectivity index (χ0n) is 7.96. The van der Waals surface area contributed by atoms with Crippen LogP contribution in [0.3, 0.4) is 0 Å². The quantitative estimate of drug-likeness (QED) is 0.421. The summed E-state index contributed by atoms with van der Waals surface area (Å²) in [5.74, 6) is 0.485. The van der Waals surface area contributed by atoms with Gasteiger partial charge in [0.25, 0.3) is 0 Å². The second kappa shape index (κ2) is 7.33. The maximum atomic E-state index is 9.06.